The van der Waals surface area contributed by atoms with E-state index in [2.05, 4.69) is 42.2 Å². The standard InChI is InChI=1S/C54H87N11O17/c1-9-30(8)45(52(80)61-35(11-10-22-58-54(56)57)49(77)64-44(29(6)7)51(79)63-39(53(81)82)24-28(4)5)65-50(78)37(18-21-43(72)73)60-48(76)36(17-20-42(70)71)59-46(74)32(14-19-41(68)69)26-40(67)38(25-31-12-15-33(66)16-13-31)62-47(75)34(55)23-27(2)3/h12-13,15-16,27-30,32,34-39,44-45,66H,9-11,14,17-26,55H2,1-8H3,(H,59,74)(H,60,76)(H,61,80)(H,62,75)(H,63,79)(H,64,77)(H,65,78)(H,68,69)(H,70,71)(H,72,73)(H,81,82)(H4,56,57,58). The summed E-state index contributed by atoms with van der Waals surface area (Å²) in [5.41, 5.74) is 17.5. The first-order valence-corrected chi connectivity index (χ1v) is 27.4. The van der Waals surface area contributed by atoms with Crippen molar-refractivity contribution in [2.24, 2.45) is 51.8 Å². The minimum absolute atomic E-state index is 0.00641. The molecule has 28 heteroatoms. The van der Waals surface area contributed by atoms with Crippen molar-refractivity contribution < 1.29 is 83.1 Å². The van der Waals surface area contributed by atoms with Crippen LogP contribution in [0.4, 0.5) is 0 Å². The maximum absolute atomic E-state index is 14.3. The Labute approximate surface area is 477 Å². The number of phenolic OH excluding ortho intramolecular Hbond substituents is 1. The summed E-state index contributed by atoms with van der Waals surface area (Å²) in [7, 11) is 0. The summed E-state index contributed by atoms with van der Waals surface area (Å²) in [5.74, 6) is -16.4. The van der Waals surface area contributed by atoms with Crippen LogP contribution in [0.25, 0.3) is 0 Å². The molecule has 10 atom stereocenters. The minimum atomic E-state index is -1.82. The topological polar surface area (TPSA) is 481 Å². The molecule has 0 radical (unpaired) electrons. The Kier molecular flexibility index (Phi) is 32.0. The van der Waals surface area contributed by atoms with Crippen LogP contribution in [-0.2, 0) is 64.0 Å². The maximum Gasteiger partial charge on any atom is 0.326 e. The Morgan fingerprint density at radius 1 is 0.524 bits per heavy atom. The number of aromatic hydroxyl groups is 1. The number of carbonyl (C=O) groups is 12. The number of aliphatic carboxylic acids is 4. The van der Waals surface area contributed by atoms with Crippen LogP contribution in [0.5, 0.6) is 5.75 Å². The molecule has 0 aliphatic carbocycles. The highest BCUT2D eigenvalue weighted by Crippen LogP contribution is 2.20. The van der Waals surface area contributed by atoms with Crippen LogP contribution >= 0.6 is 0 Å². The number of carboxylic acids is 4. The van der Waals surface area contributed by atoms with Crippen molar-refractivity contribution in [1.82, 2.24) is 37.2 Å². The highest BCUT2D eigenvalue weighted by Gasteiger charge is 2.37. The molecule has 1 aromatic carbocycles. The average molecular weight is 1160 g/mol. The second-order valence-electron chi connectivity index (χ2n) is 21.6. The molecule has 82 heavy (non-hydrogen) atoms. The van der Waals surface area contributed by atoms with Gasteiger partial charge in [0.25, 0.3) is 0 Å². The van der Waals surface area contributed by atoms with Crippen LogP contribution in [0.15, 0.2) is 29.3 Å². The molecule has 0 aliphatic rings. The van der Waals surface area contributed by atoms with E-state index in [-0.39, 0.29) is 68.6 Å². The Morgan fingerprint density at radius 3 is 1.44 bits per heavy atom. The number of carbonyl (C=O) groups excluding carboxylic acids is 8. The smallest absolute Gasteiger partial charge is 0.326 e. The largest absolute Gasteiger partial charge is 0.508 e. The van der Waals surface area contributed by atoms with Crippen LogP contribution in [-0.4, -0.2) is 157 Å². The van der Waals surface area contributed by atoms with Crippen LogP contribution in [0.3, 0.4) is 0 Å². The number of carboxylic acid groups (broad SMARTS) is 4. The molecule has 0 fully saturated rings. The van der Waals surface area contributed by atoms with E-state index in [4.69, 9.17) is 17.2 Å². The molecule has 7 amide bonds. The van der Waals surface area contributed by atoms with Crippen molar-refractivity contribution in [2.75, 3.05) is 6.54 Å². The van der Waals surface area contributed by atoms with Crippen LogP contribution in [0.2, 0.25) is 0 Å². The number of ketones is 1. The van der Waals surface area contributed by atoms with E-state index >= 15 is 0 Å². The summed E-state index contributed by atoms with van der Waals surface area (Å²) in [6, 6.07) is -5.84. The van der Waals surface area contributed by atoms with Crippen molar-refractivity contribution in [3.63, 3.8) is 0 Å². The number of nitrogens with zero attached hydrogens (tertiary/aromatic N) is 1. The SMILES string of the molecule is CCC(C)C(NC(=O)C(CCC(=O)O)NC(=O)C(CCC(=O)O)NC(=O)C(CCC(=O)O)CC(=O)C(Cc1ccc(O)cc1)NC(=O)C(N)CC(C)C)C(=O)NC(CCCN=C(N)N)C(=O)NC(C(=O)NC(CC(C)C)C(=O)O)C(C)C. The molecule has 0 bridgehead atoms. The predicted octanol–water partition coefficient (Wildman–Crippen LogP) is -0.242. The summed E-state index contributed by atoms with van der Waals surface area (Å²) in [5, 5.41) is 66.0. The summed E-state index contributed by atoms with van der Waals surface area (Å²) in [6.07, 6.45) is -4.30. The lowest BCUT2D eigenvalue weighted by atomic mass is 9.90. The third-order valence-corrected chi connectivity index (χ3v) is 13.2. The van der Waals surface area contributed by atoms with Crippen molar-refractivity contribution in [2.45, 2.75) is 187 Å². The van der Waals surface area contributed by atoms with E-state index in [0.717, 1.165) is 0 Å². The van der Waals surface area contributed by atoms with Crippen molar-refractivity contribution in [1.29, 1.82) is 0 Å². The first kappa shape index (κ1) is 72.1. The third-order valence-electron chi connectivity index (χ3n) is 13.2. The average Bonchev–Trinajstić information content (AvgIpc) is 3.39. The Hall–Kier alpha value is -7.91. The fourth-order valence-electron chi connectivity index (χ4n) is 8.38. The molecule has 1 rings (SSSR count). The predicted molar refractivity (Wildman–Crippen MR) is 298 cm³/mol. The third kappa shape index (κ3) is 28.0. The minimum Gasteiger partial charge on any atom is -0.508 e. The van der Waals surface area contributed by atoms with Gasteiger partial charge in [-0.15, -0.1) is 0 Å². The van der Waals surface area contributed by atoms with E-state index in [0.29, 0.717) is 5.56 Å². The highest BCUT2D eigenvalue weighted by molar-refractivity contribution is 5.98. The summed E-state index contributed by atoms with van der Waals surface area (Å²) in [4.78, 5) is 163. The van der Waals surface area contributed by atoms with Gasteiger partial charge >= 0.3 is 23.9 Å². The molecule has 0 aromatic heterocycles. The molecule has 0 saturated carbocycles. The van der Waals surface area contributed by atoms with Gasteiger partial charge in [0, 0.05) is 38.1 Å². The first-order chi connectivity index (χ1) is 38.3. The van der Waals surface area contributed by atoms with Gasteiger partial charge < -0.3 is 80.0 Å². The van der Waals surface area contributed by atoms with Crippen LogP contribution in [0.1, 0.15) is 138 Å². The molecule has 28 nitrogen and oxygen atoms in total. The molecule has 18 N–H and O–H groups in total. The van der Waals surface area contributed by atoms with E-state index in [1.165, 1.54) is 24.3 Å². The summed E-state index contributed by atoms with van der Waals surface area (Å²) in [6.45, 7) is 13.6. The van der Waals surface area contributed by atoms with E-state index in [9.17, 15) is 83.1 Å². The second-order valence-corrected chi connectivity index (χ2v) is 21.6. The lowest BCUT2D eigenvalue weighted by Crippen LogP contribution is -2.61. The molecule has 0 aliphatic heterocycles. The van der Waals surface area contributed by atoms with Crippen LogP contribution < -0.4 is 54.4 Å². The summed E-state index contributed by atoms with van der Waals surface area (Å²) >= 11 is 0. The van der Waals surface area contributed by atoms with Gasteiger partial charge in [-0.25, -0.2) is 4.79 Å². The molecule has 0 spiro atoms. The number of hydrogen-bond donors (Lipinski definition) is 15. The molecule has 0 saturated heterocycles. The van der Waals surface area contributed by atoms with Gasteiger partial charge in [0.2, 0.25) is 41.4 Å². The fourth-order valence-corrected chi connectivity index (χ4v) is 8.38. The van der Waals surface area contributed by atoms with Crippen LogP contribution in [0, 0.1) is 29.6 Å². The van der Waals surface area contributed by atoms with Gasteiger partial charge in [0.05, 0.1) is 12.1 Å². The first-order valence-electron chi connectivity index (χ1n) is 27.4. The number of nitrogens with one attached hydrogen (secondary N) is 7. The van der Waals surface area contributed by atoms with Gasteiger partial charge in [0.15, 0.2) is 11.7 Å². The Bertz CT molecular complexity index is 2380. The Balaban J connectivity index is 3.68. The maximum atomic E-state index is 14.3. The van der Waals surface area contributed by atoms with Crippen molar-refractivity contribution in [3.8, 4) is 5.75 Å². The van der Waals surface area contributed by atoms with E-state index < -0.39 is 182 Å². The van der Waals surface area contributed by atoms with E-state index in [1.807, 2.05) is 13.8 Å². The number of aliphatic imine (C=N–C) groups is 1. The monoisotopic (exact) mass is 1160 g/mol. The zero-order chi connectivity index (χ0) is 62.6. The number of phenols is 1. The lowest BCUT2D eigenvalue weighted by Gasteiger charge is -2.30. The molecule has 10 unspecified atom stereocenters. The molecule has 460 valence electrons. The van der Waals surface area contributed by atoms with Crippen molar-refractivity contribution >= 4 is 77.0 Å². The van der Waals surface area contributed by atoms with Gasteiger partial charge in [-0.2, -0.15) is 0 Å². The quantitative estimate of drug-likeness (QED) is 0.0229. The normalized spacial score (nSPS) is 14.9. The number of rotatable bonds is 40. The van der Waals surface area contributed by atoms with Gasteiger partial charge in [-0.05, 0) is 92.7 Å². The van der Waals surface area contributed by atoms with E-state index in [1.54, 1.807) is 41.5 Å². The zero-order valence-corrected chi connectivity index (χ0v) is 48.0. The highest BCUT2D eigenvalue weighted by atomic mass is 16.4. The lowest BCUT2D eigenvalue weighted by molar-refractivity contribution is -0.143. The fraction of sp³-hybridized carbons (Fsp3) is 0.648. The van der Waals surface area contributed by atoms with Gasteiger partial charge in [0.1, 0.15) is 42.0 Å². The number of guanidine groups is 1. The number of hydrogen-bond acceptors (Lipinski definition) is 15. The van der Waals surface area contributed by atoms with Gasteiger partial charge in [-0.3, -0.25) is 57.7 Å². The number of amides is 7. The number of benzene rings is 1. The number of nitrogens with two attached hydrogens (primary N) is 3. The zero-order valence-electron chi connectivity index (χ0n) is 48.0. The summed E-state index contributed by atoms with van der Waals surface area (Å²) < 4.78 is 0. The molecular weight excluding hydrogens is 1070 g/mol. The Morgan fingerprint density at radius 2 is 0.963 bits per heavy atom. The van der Waals surface area contributed by atoms with Crippen molar-refractivity contribution in [3.05, 3.63) is 29.8 Å². The second kappa shape index (κ2) is 36.4. The molecule has 0 heterocycles. The molecule has 1 aromatic rings. The van der Waals surface area contributed by atoms with Gasteiger partial charge in [-0.1, -0.05) is 73.9 Å². The molecular formula is C54H87N11O17. The number of Topliss-reactive ketones (excluding diaryl/α,β-unsaturated/α-hetero) is 1.